The fraction of sp³-hybridized carbons (Fsp3) is 0.480. The van der Waals surface area contributed by atoms with Gasteiger partial charge in [0.15, 0.2) is 0 Å². The molecule has 0 spiro atoms. The van der Waals surface area contributed by atoms with Crippen LogP contribution in [0, 0.1) is 0 Å². The minimum atomic E-state index is -4.82. The van der Waals surface area contributed by atoms with Crippen molar-refractivity contribution in [3.05, 3.63) is 52.7 Å². The Balaban J connectivity index is 2.67. The molecule has 0 aliphatic heterocycles. The summed E-state index contributed by atoms with van der Waals surface area (Å²) in [6.07, 6.45) is -10.9. The van der Waals surface area contributed by atoms with Crippen LogP contribution in [0.3, 0.4) is 0 Å². The van der Waals surface area contributed by atoms with Gasteiger partial charge in [0.1, 0.15) is 5.60 Å². The van der Waals surface area contributed by atoms with Gasteiger partial charge in [0.05, 0.1) is 35.5 Å². The first kappa shape index (κ1) is 29.9. The molecule has 0 aliphatic rings. The fourth-order valence-electron chi connectivity index (χ4n) is 3.33. The number of esters is 1. The molecule has 0 aliphatic carbocycles. The van der Waals surface area contributed by atoms with Gasteiger partial charge in [-0.3, -0.25) is 9.78 Å². The molecule has 2 rings (SSSR count). The zero-order valence-corrected chi connectivity index (χ0v) is 21.0. The molecule has 1 amide bonds. The summed E-state index contributed by atoms with van der Waals surface area (Å²) in [5.74, 6) is -0.810. The molecule has 204 valence electrons. The van der Waals surface area contributed by atoms with Gasteiger partial charge in [-0.05, 0) is 64.4 Å². The van der Waals surface area contributed by atoms with Crippen molar-refractivity contribution in [2.75, 3.05) is 13.2 Å². The molecule has 1 aromatic heterocycles. The summed E-state index contributed by atoms with van der Waals surface area (Å²) >= 11 is 0. The highest BCUT2D eigenvalue weighted by Crippen LogP contribution is 2.36. The fourth-order valence-corrected chi connectivity index (χ4v) is 3.33. The van der Waals surface area contributed by atoms with Gasteiger partial charge >= 0.3 is 24.4 Å². The van der Waals surface area contributed by atoms with Crippen LogP contribution in [0.5, 0.6) is 0 Å². The normalized spacial score (nSPS) is 12.3. The Morgan fingerprint density at radius 1 is 0.919 bits per heavy atom. The van der Waals surface area contributed by atoms with E-state index in [1.807, 2.05) is 0 Å². The van der Waals surface area contributed by atoms with Crippen LogP contribution >= 0.6 is 0 Å². The van der Waals surface area contributed by atoms with Crippen molar-refractivity contribution in [2.45, 2.75) is 65.5 Å². The topological polar surface area (TPSA) is 68.7 Å². The molecule has 6 nitrogen and oxygen atoms in total. The third kappa shape index (κ3) is 8.64. The number of nitrogens with zero attached hydrogens (tertiary/aromatic N) is 2. The van der Waals surface area contributed by atoms with Crippen molar-refractivity contribution in [3.8, 4) is 11.3 Å². The van der Waals surface area contributed by atoms with Gasteiger partial charge in [-0.2, -0.15) is 26.3 Å². The van der Waals surface area contributed by atoms with Crippen molar-refractivity contribution in [1.82, 2.24) is 9.88 Å². The van der Waals surface area contributed by atoms with Gasteiger partial charge in [-0.15, -0.1) is 0 Å². The molecule has 12 heteroatoms. The number of halogens is 6. The van der Waals surface area contributed by atoms with Crippen LogP contribution in [0.15, 0.2) is 30.3 Å². The molecule has 0 radical (unpaired) electrons. The highest BCUT2D eigenvalue weighted by atomic mass is 19.4. The third-order valence-electron chi connectivity index (χ3n) is 4.94. The maximum Gasteiger partial charge on any atom is 0.416 e. The Morgan fingerprint density at radius 3 is 2.05 bits per heavy atom. The summed E-state index contributed by atoms with van der Waals surface area (Å²) in [4.78, 5) is 29.7. The quantitative estimate of drug-likeness (QED) is 0.294. The highest BCUT2D eigenvalue weighted by Gasteiger charge is 2.34. The smallest absolute Gasteiger partial charge is 0.416 e. The summed E-state index contributed by atoms with van der Waals surface area (Å²) in [6, 6.07) is 3.84. The molecular weight excluding hydrogens is 506 g/mol. The molecule has 0 unspecified atom stereocenters. The zero-order valence-electron chi connectivity index (χ0n) is 21.0. The maximum absolute atomic E-state index is 13.6. The van der Waals surface area contributed by atoms with Gasteiger partial charge in [0, 0.05) is 18.7 Å². The molecule has 0 bridgehead atoms. The number of ether oxygens (including phenoxy) is 2. The summed E-state index contributed by atoms with van der Waals surface area (Å²) in [6.45, 7) is 7.62. The molecule has 0 atom stereocenters. The zero-order chi connectivity index (χ0) is 28.2. The average molecular weight is 534 g/mol. The number of pyridine rings is 1. The van der Waals surface area contributed by atoms with E-state index in [9.17, 15) is 35.9 Å². The largest absolute Gasteiger partial charge is 0.466 e. The van der Waals surface area contributed by atoms with E-state index in [1.165, 1.54) is 6.92 Å². The summed E-state index contributed by atoms with van der Waals surface area (Å²) in [7, 11) is 0. The molecule has 0 saturated heterocycles. The first-order valence-electron chi connectivity index (χ1n) is 11.4. The summed E-state index contributed by atoms with van der Waals surface area (Å²) in [5, 5.41) is 0. The minimum absolute atomic E-state index is 0.00518. The first-order chi connectivity index (χ1) is 16.9. The van der Waals surface area contributed by atoms with Crippen molar-refractivity contribution < 1.29 is 45.4 Å². The van der Waals surface area contributed by atoms with E-state index in [4.69, 9.17) is 9.47 Å². The van der Waals surface area contributed by atoms with Gasteiger partial charge in [0.2, 0.25) is 0 Å². The Morgan fingerprint density at radius 2 is 1.54 bits per heavy atom. The Labute approximate surface area is 210 Å². The van der Waals surface area contributed by atoms with E-state index >= 15 is 0 Å². The summed E-state index contributed by atoms with van der Waals surface area (Å²) < 4.78 is 91.4. The van der Waals surface area contributed by atoms with E-state index in [-0.39, 0.29) is 35.7 Å². The SMILES string of the molecule is CCOC(=O)Cc1cc(C(F)(F)F)cc(-c2ccc(C(F)(F)F)cc2CN(CC)C(=O)OC(C)(C)C)n1. The number of carbonyl (C=O) groups is 2. The average Bonchev–Trinajstić information content (AvgIpc) is 2.74. The Hall–Kier alpha value is -3.31. The molecule has 1 aromatic carbocycles. The van der Waals surface area contributed by atoms with Crippen LogP contribution in [-0.4, -0.2) is 40.7 Å². The molecule has 37 heavy (non-hydrogen) atoms. The third-order valence-corrected chi connectivity index (χ3v) is 4.94. The number of alkyl halides is 6. The number of hydrogen-bond acceptors (Lipinski definition) is 5. The van der Waals surface area contributed by atoms with Gasteiger partial charge in [0.25, 0.3) is 0 Å². The lowest BCUT2D eigenvalue weighted by Crippen LogP contribution is -2.36. The van der Waals surface area contributed by atoms with Crippen LogP contribution in [0.25, 0.3) is 11.3 Å². The van der Waals surface area contributed by atoms with Crippen molar-refractivity contribution in [3.63, 3.8) is 0 Å². The molecule has 0 N–H and O–H groups in total. The number of carbonyl (C=O) groups excluding carboxylic acids is 2. The van der Waals surface area contributed by atoms with Crippen molar-refractivity contribution in [2.24, 2.45) is 0 Å². The number of aromatic nitrogens is 1. The second-order valence-electron chi connectivity index (χ2n) is 9.08. The van der Waals surface area contributed by atoms with Crippen LogP contribution < -0.4 is 0 Å². The monoisotopic (exact) mass is 534 g/mol. The molecule has 0 saturated carbocycles. The van der Waals surface area contributed by atoms with Crippen LogP contribution in [0.4, 0.5) is 31.1 Å². The molecule has 1 heterocycles. The predicted octanol–water partition coefficient (Wildman–Crippen LogP) is 6.65. The van der Waals surface area contributed by atoms with Gasteiger partial charge in [-0.1, -0.05) is 6.07 Å². The Bertz CT molecular complexity index is 1120. The van der Waals surface area contributed by atoms with E-state index in [0.29, 0.717) is 12.1 Å². The number of hydrogen-bond donors (Lipinski definition) is 0. The van der Waals surface area contributed by atoms with E-state index in [2.05, 4.69) is 4.98 Å². The predicted molar refractivity (Wildman–Crippen MR) is 122 cm³/mol. The van der Waals surface area contributed by atoms with Gasteiger partial charge in [-0.25, -0.2) is 4.79 Å². The van der Waals surface area contributed by atoms with Crippen molar-refractivity contribution >= 4 is 12.1 Å². The molecule has 0 fully saturated rings. The Kier molecular flexibility index (Phi) is 9.21. The standard InChI is InChI=1S/C25H28F6N2O4/c1-6-33(22(35)37-23(3,4)5)14-15-10-16(24(26,27)28)8-9-19(15)20-12-17(25(29,30)31)11-18(32-20)13-21(34)36-7-2/h8-12H,6-7,13-14H2,1-5H3. The van der Waals surface area contributed by atoms with Crippen LogP contribution in [0.1, 0.15) is 57.0 Å². The van der Waals surface area contributed by atoms with Crippen molar-refractivity contribution in [1.29, 1.82) is 0 Å². The molecular formula is C25H28F6N2O4. The number of amides is 1. The lowest BCUT2D eigenvalue weighted by atomic mass is 9.98. The van der Waals surface area contributed by atoms with E-state index < -0.39 is 54.1 Å². The lowest BCUT2D eigenvalue weighted by Gasteiger charge is -2.27. The lowest BCUT2D eigenvalue weighted by molar-refractivity contribution is -0.143. The first-order valence-corrected chi connectivity index (χ1v) is 11.4. The minimum Gasteiger partial charge on any atom is -0.466 e. The van der Waals surface area contributed by atoms with Gasteiger partial charge < -0.3 is 14.4 Å². The second-order valence-corrected chi connectivity index (χ2v) is 9.08. The number of rotatable bonds is 7. The number of benzene rings is 1. The van der Waals surface area contributed by atoms with E-state index in [0.717, 1.165) is 23.1 Å². The van der Waals surface area contributed by atoms with E-state index in [1.54, 1.807) is 27.7 Å². The molecule has 2 aromatic rings. The second kappa shape index (κ2) is 11.4. The highest BCUT2D eigenvalue weighted by molar-refractivity contribution is 5.73. The summed E-state index contributed by atoms with van der Waals surface area (Å²) in [5.41, 5.74) is -3.81. The maximum atomic E-state index is 13.6. The van der Waals surface area contributed by atoms with Crippen LogP contribution in [-0.2, 0) is 39.6 Å². The van der Waals surface area contributed by atoms with Crippen LogP contribution in [0.2, 0.25) is 0 Å².